The molecule has 0 bridgehead atoms. The molecule has 90 valence electrons. The van der Waals surface area contributed by atoms with Crippen molar-refractivity contribution in [1.82, 2.24) is 0 Å². The van der Waals surface area contributed by atoms with Crippen molar-refractivity contribution >= 4 is 6.08 Å². The van der Waals surface area contributed by atoms with Gasteiger partial charge >= 0.3 is 0 Å². The fraction of sp³-hybridized carbons (Fsp3) is 0.222. The van der Waals surface area contributed by atoms with Crippen LogP contribution in [-0.2, 0) is 6.42 Å². The van der Waals surface area contributed by atoms with Gasteiger partial charge in [-0.1, -0.05) is 48.0 Å². The van der Waals surface area contributed by atoms with E-state index in [9.17, 15) is 0 Å². The van der Waals surface area contributed by atoms with E-state index < -0.39 is 0 Å². The molecule has 0 aromatic heterocycles. The van der Waals surface area contributed by atoms with Crippen LogP contribution in [0.4, 0.5) is 0 Å². The number of allylic oxidation sites excluding steroid dienone is 1. The van der Waals surface area contributed by atoms with Gasteiger partial charge in [0.25, 0.3) is 0 Å². The molecule has 0 unspecified atom stereocenters. The summed E-state index contributed by atoms with van der Waals surface area (Å²) in [6.45, 7) is 6.63. The van der Waals surface area contributed by atoms with Gasteiger partial charge in [0.1, 0.15) is 0 Å². The molecular weight excluding hydrogens is 216 g/mol. The maximum Gasteiger partial charge on any atom is -0.00604 e. The van der Waals surface area contributed by atoms with Gasteiger partial charge < -0.3 is 0 Å². The van der Waals surface area contributed by atoms with Gasteiger partial charge in [0, 0.05) is 0 Å². The zero-order chi connectivity index (χ0) is 12.7. The molecule has 18 heavy (non-hydrogen) atoms. The summed E-state index contributed by atoms with van der Waals surface area (Å²) >= 11 is 0. The molecule has 1 aliphatic rings. The Bertz CT molecular complexity index is 645. The molecule has 2 aromatic rings. The van der Waals surface area contributed by atoms with Crippen LogP contribution < -0.4 is 0 Å². The minimum absolute atomic E-state index is 1.11. The van der Waals surface area contributed by atoms with Crippen LogP contribution in [0.5, 0.6) is 0 Å². The lowest BCUT2D eigenvalue weighted by Gasteiger charge is -2.14. The SMILES string of the molecule is CC1=Cc2c(ccc(C)c2-c2ccccc2C)C1. The Balaban J connectivity index is 2.31. The summed E-state index contributed by atoms with van der Waals surface area (Å²) in [6.07, 6.45) is 3.46. The minimum atomic E-state index is 1.11. The first-order valence-corrected chi connectivity index (χ1v) is 6.52. The van der Waals surface area contributed by atoms with Gasteiger partial charge in [-0.2, -0.15) is 0 Å². The van der Waals surface area contributed by atoms with E-state index in [1.807, 2.05) is 0 Å². The third kappa shape index (κ3) is 1.69. The highest BCUT2D eigenvalue weighted by Crippen LogP contribution is 2.37. The summed E-state index contributed by atoms with van der Waals surface area (Å²) in [5.74, 6) is 0. The zero-order valence-corrected chi connectivity index (χ0v) is 11.2. The Labute approximate surface area is 109 Å². The summed E-state index contributed by atoms with van der Waals surface area (Å²) in [7, 11) is 0. The van der Waals surface area contributed by atoms with Crippen LogP contribution in [0.25, 0.3) is 17.2 Å². The summed E-state index contributed by atoms with van der Waals surface area (Å²) < 4.78 is 0. The molecule has 0 saturated carbocycles. The van der Waals surface area contributed by atoms with E-state index in [-0.39, 0.29) is 0 Å². The second-order valence-electron chi connectivity index (χ2n) is 5.31. The lowest BCUT2D eigenvalue weighted by atomic mass is 9.90. The van der Waals surface area contributed by atoms with Gasteiger partial charge in [0.05, 0.1) is 0 Å². The number of fused-ring (bicyclic) bond motifs is 1. The number of benzene rings is 2. The molecule has 0 fully saturated rings. The Morgan fingerprint density at radius 3 is 2.39 bits per heavy atom. The van der Waals surface area contributed by atoms with Gasteiger partial charge in [-0.25, -0.2) is 0 Å². The molecule has 0 amide bonds. The Morgan fingerprint density at radius 1 is 0.833 bits per heavy atom. The largest absolute Gasteiger partial charge is 0.0683 e. The van der Waals surface area contributed by atoms with Crippen molar-refractivity contribution in [2.75, 3.05) is 0 Å². The number of aryl methyl sites for hydroxylation is 2. The Morgan fingerprint density at radius 2 is 1.61 bits per heavy atom. The monoisotopic (exact) mass is 234 g/mol. The number of rotatable bonds is 1. The highest BCUT2D eigenvalue weighted by atomic mass is 14.2. The molecule has 0 radical (unpaired) electrons. The second-order valence-corrected chi connectivity index (χ2v) is 5.31. The molecule has 0 atom stereocenters. The maximum absolute atomic E-state index is 2.35. The summed E-state index contributed by atoms with van der Waals surface area (Å²) in [5.41, 5.74) is 9.88. The topological polar surface area (TPSA) is 0 Å². The molecule has 1 aliphatic carbocycles. The van der Waals surface area contributed by atoms with Crippen molar-refractivity contribution in [3.05, 3.63) is 64.2 Å². The zero-order valence-electron chi connectivity index (χ0n) is 11.2. The van der Waals surface area contributed by atoms with Gasteiger partial charge in [-0.15, -0.1) is 0 Å². The summed E-state index contributed by atoms with van der Waals surface area (Å²) in [6, 6.07) is 13.2. The molecule has 3 rings (SSSR count). The van der Waals surface area contributed by atoms with Crippen LogP contribution >= 0.6 is 0 Å². The smallest absolute Gasteiger partial charge is 0.00604 e. The van der Waals surface area contributed by atoms with E-state index in [1.165, 1.54) is 39.0 Å². The van der Waals surface area contributed by atoms with E-state index in [1.54, 1.807) is 0 Å². The summed E-state index contributed by atoms with van der Waals surface area (Å²) in [5, 5.41) is 0. The van der Waals surface area contributed by atoms with Crippen LogP contribution in [0.3, 0.4) is 0 Å². The first-order chi connectivity index (χ1) is 8.66. The van der Waals surface area contributed by atoms with Crippen LogP contribution in [-0.4, -0.2) is 0 Å². The second kappa shape index (κ2) is 4.13. The van der Waals surface area contributed by atoms with Gasteiger partial charge in [0.15, 0.2) is 0 Å². The van der Waals surface area contributed by atoms with E-state index >= 15 is 0 Å². The standard InChI is InChI=1S/C18H18/c1-12-10-15-9-8-14(3)18(17(15)11-12)16-7-5-4-6-13(16)2/h4-9,11H,10H2,1-3H3. The first-order valence-electron chi connectivity index (χ1n) is 6.52. The summed E-state index contributed by atoms with van der Waals surface area (Å²) in [4.78, 5) is 0. The van der Waals surface area contributed by atoms with Gasteiger partial charge in [-0.3, -0.25) is 0 Å². The van der Waals surface area contributed by atoms with Crippen LogP contribution in [0.2, 0.25) is 0 Å². The molecule has 0 heteroatoms. The van der Waals surface area contributed by atoms with Gasteiger partial charge in [0.2, 0.25) is 0 Å². The van der Waals surface area contributed by atoms with Crippen molar-refractivity contribution in [3.63, 3.8) is 0 Å². The highest BCUT2D eigenvalue weighted by molar-refractivity contribution is 5.84. The molecule has 0 spiro atoms. The predicted molar refractivity (Wildman–Crippen MR) is 78.7 cm³/mol. The van der Waals surface area contributed by atoms with Crippen molar-refractivity contribution in [3.8, 4) is 11.1 Å². The normalized spacial score (nSPS) is 13.4. The van der Waals surface area contributed by atoms with Crippen LogP contribution in [0.15, 0.2) is 42.0 Å². The first kappa shape index (κ1) is 11.3. The minimum Gasteiger partial charge on any atom is -0.0683 e. The molecule has 2 aromatic carbocycles. The van der Waals surface area contributed by atoms with Gasteiger partial charge in [-0.05, 0) is 60.6 Å². The Hall–Kier alpha value is -1.82. The van der Waals surface area contributed by atoms with E-state index in [4.69, 9.17) is 0 Å². The van der Waals surface area contributed by atoms with E-state index in [0.717, 1.165) is 6.42 Å². The molecular formula is C18H18. The van der Waals surface area contributed by atoms with Crippen LogP contribution in [0.1, 0.15) is 29.2 Å². The number of hydrogen-bond acceptors (Lipinski definition) is 0. The lowest BCUT2D eigenvalue weighted by molar-refractivity contribution is 1.19. The molecule has 0 saturated heterocycles. The molecule has 0 nitrogen and oxygen atoms in total. The van der Waals surface area contributed by atoms with Crippen molar-refractivity contribution in [2.24, 2.45) is 0 Å². The molecule has 0 N–H and O–H groups in total. The predicted octanol–water partition coefficient (Wildman–Crippen LogP) is 4.93. The Kier molecular flexibility index (Phi) is 2.59. The number of hydrogen-bond donors (Lipinski definition) is 0. The van der Waals surface area contributed by atoms with Crippen LogP contribution in [0, 0.1) is 13.8 Å². The fourth-order valence-corrected chi connectivity index (χ4v) is 2.90. The molecule has 0 aliphatic heterocycles. The highest BCUT2D eigenvalue weighted by Gasteiger charge is 2.17. The third-order valence-corrected chi connectivity index (χ3v) is 3.82. The molecule has 0 heterocycles. The van der Waals surface area contributed by atoms with E-state index in [0.29, 0.717) is 0 Å². The maximum atomic E-state index is 2.35. The van der Waals surface area contributed by atoms with Crippen molar-refractivity contribution in [1.29, 1.82) is 0 Å². The average Bonchev–Trinajstić information content (AvgIpc) is 2.71. The van der Waals surface area contributed by atoms with Crippen molar-refractivity contribution in [2.45, 2.75) is 27.2 Å². The average molecular weight is 234 g/mol. The lowest BCUT2D eigenvalue weighted by Crippen LogP contribution is -1.93. The fourth-order valence-electron chi connectivity index (χ4n) is 2.90. The van der Waals surface area contributed by atoms with E-state index in [2.05, 4.69) is 63.2 Å². The third-order valence-electron chi connectivity index (χ3n) is 3.82. The van der Waals surface area contributed by atoms with Crippen molar-refractivity contribution < 1.29 is 0 Å². The quantitative estimate of drug-likeness (QED) is 0.656.